The van der Waals surface area contributed by atoms with Gasteiger partial charge in [0.15, 0.2) is 0 Å². The van der Waals surface area contributed by atoms with E-state index >= 15 is 0 Å². The largest absolute Gasteiger partial charge is 0.491 e. The van der Waals surface area contributed by atoms with Crippen LogP contribution in [-0.4, -0.2) is 30.1 Å². The zero-order valence-corrected chi connectivity index (χ0v) is 20.4. The number of rotatable bonds is 5. The van der Waals surface area contributed by atoms with Gasteiger partial charge in [0.1, 0.15) is 17.8 Å². The van der Waals surface area contributed by atoms with E-state index in [1.165, 1.54) is 0 Å². The molecule has 3 N–H and O–H groups in total. The molecule has 0 saturated carbocycles. The van der Waals surface area contributed by atoms with E-state index < -0.39 is 17.4 Å². The molecule has 3 aromatic rings. The molecule has 5 rings (SSSR count). The van der Waals surface area contributed by atoms with Gasteiger partial charge in [-0.2, -0.15) is 5.26 Å². The minimum absolute atomic E-state index is 0.00266. The van der Waals surface area contributed by atoms with Crippen molar-refractivity contribution in [1.29, 1.82) is 5.26 Å². The predicted molar refractivity (Wildman–Crippen MR) is 135 cm³/mol. The molecule has 36 heavy (non-hydrogen) atoms. The molecule has 2 aliphatic heterocycles. The molecule has 0 bridgehead atoms. The number of fused-ring (bicyclic) bond motifs is 2. The topological polar surface area (TPSA) is 111 Å². The standard InChI is InChI=1S/C27H21Cl2N3O4/c28-17-3-1-2-16(11-17)21-13-24(34)32-25(19-10-15(14-30)4-7-23(19)36-9-8-33)27(21)20-6-5-18(29)12-22(20)31-26(27)35/h1-7,10-12,21,25,33H,8-9,13H2,(H,31,35)(H,32,34). The van der Waals surface area contributed by atoms with Gasteiger partial charge in [-0.1, -0.05) is 41.4 Å². The van der Waals surface area contributed by atoms with Crippen LogP contribution in [0.5, 0.6) is 5.75 Å². The van der Waals surface area contributed by atoms with Crippen LogP contribution in [0.2, 0.25) is 10.0 Å². The Labute approximate surface area is 217 Å². The molecule has 2 heterocycles. The van der Waals surface area contributed by atoms with Gasteiger partial charge in [0.05, 0.1) is 24.3 Å². The van der Waals surface area contributed by atoms with E-state index in [9.17, 15) is 20.0 Å². The van der Waals surface area contributed by atoms with Crippen molar-refractivity contribution >= 4 is 40.7 Å². The van der Waals surface area contributed by atoms with Crippen LogP contribution in [0.25, 0.3) is 0 Å². The molecule has 2 amide bonds. The highest BCUT2D eigenvalue weighted by Crippen LogP contribution is 2.58. The third-order valence-corrected chi connectivity index (χ3v) is 7.27. The van der Waals surface area contributed by atoms with Crippen LogP contribution in [0.4, 0.5) is 5.69 Å². The lowest BCUT2D eigenvalue weighted by atomic mass is 9.59. The first kappa shape index (κ1) is 24.1. The summed E-state index contributed by atoms with van der Waals surface area (Å²) in [6.07, 6.45) is 0.0388. The Balaban J connectivity index is 1.81. The molecule has 0 radical (unpaired) electrons. The summed E-state index contributed by atoms with van der Waals surface area (Å²) < 4.78 is 5.79. The fraction of sp³-hybridized carbons (Fsp3) is 0.222. The number of hydrogen-bond acceptors (Lipinski definition) is 5. The zero-order chi connectivity index (χ0) is 25.4. The molecule has 9 heteroatoms. The van der Waals surface area contributed by atoms with E-state index in [-0.39, 0.29) is 31.4 Å². The summed E-state index contributed by atoms with van der Waals surface area (Å²) in [4.78, 5) is 27.2. The first-order valence-corrected chi connectivity index (χ1v) is 12.1. The smallest absolute Gasteiger partial charge is 0.238 e. The van der Waals surface area contributed by atoms with Crippen LogP contribution in [0.3, 0.4) is 0 Å². The van der Waals surface area contributed by atoms with E-state index in [1.807, 2.05) is 6.07 Å². The van der Waals surface area contributed by atoms with Gasteiger partial charge in [0.2, 0.25) is 11.8 Å². The lowest BCUT2D eigenvalue weighted by Gasteiger charge is -2.46. The van der Waals surface area contributed by atoms with Crippen molar-refractivity contribution in [3.8, 4) is 11.8 Å². The third kappa shape index (κ3) is 3.88. The number of carbonyl (C=O) groups is 2. The van der Waals surface area contributed by atoms with E-state index in [0.717, 1.165) is 5.56 Å². The van der Waals surface area contributed by atoms with Gasteiger partial charge in [-0.05, 0) is 53.6 Å². The number of piperidine rings is 1. The fourth-order valence-corrected chi connectivity index (χ4v) is 5.77. The second-order valence-electron chi connectivity index (χ2n) is 8.76. The van der Waals surface area contributed by atoms with E-state index in [0.29, 0.717) is 38.2 Å². The third-order valence-electron chi connectivity index (χ3n) is 6.80. The number of anilines is 1. The average Bonchev–Trinajstić information content (AvgIpc) is 3.14. The van der Waals surface area contributed by atoms with Crippen molar-refractivity contribution in [1.82, 2.24) is 5.32 Å². The number of benzene rings is 3. The summed E-state index contributed by atoms with van der Waals surface area (Å²) in [5, 5.41) is 25.9. The number of nitrogens with one attached hydrogen (secondary N) is 2. The highest BCUT2D eigenvalue weighted by molar-refractivity contribution is 6.31. The average molecular weight is 522 g/mol. The molecule has 3 atom stereocenters. The molecular weight excluding hydrogens is 501 g/mol. The van der Waals surface area contributed by atoms with Gasteiger partial charge in [-0.3, -0.25) is 9.59 Å². The summed E-state index contributed by atoms with van der Waals surface area (Å²) in [5.74, 6) is -0.810. The number of halogens is 2. The summed E-state index contributed by atoms with van der Waals surface area (Å²) >= 11 is 12.6. The Morgan fingerprint density at radius 1 is 1.08 bits per heavy atom. The lowest BCUT2D eigenvalue weighted by Crippen LogP contribution is -2.57. The maximum Gasteiger partial charge on any atom is 0.238 e. The molecule has 0 aliphatic carbocycles. The number of aliphatic hydroxyl groups excluding tert-OH is 1. The molecule has 182 valence electrons. The van der Waals surface area contributed by atoms with Gasteiger partial charge >= 0.3 is 0 Å². The summed E-state index contributed by atoms with van der Waals surface area (Å²) in [7, 11) is 0. The Morgan fingerprint density at radius 2 is 1.89 bits per heavy atom. The maximum atomic E-state index is 14.1. The van der Waals surface area contributed by atoms with Gasteiger partial charge in [-0.25, -0.2) is 0 Å². The predicted octanol–water partition coefficient (Wildman–Crippen LogP) is 4.47. The molecule has 0 aromatic heterocycles. The quantitative estimate of drug-likeness (QED) is 0.458. The van der Waals surface area contributed by atoms with Crippen LogP contribution >= 0.6 is 23.2 Å². The molecule has 7 nitrogen and oxygen atoms in total. The Morgan fingerprint density at radius 3 is 2.64 bits per heavy atom. The van der Waals surface area contributed by atoms with Crippen LogP contribution in [0.1, 0.15) is 40.6 Å². The minimum atomic E-state index is -1.30. The maximum absolute atomic E-state index is 14.1. The van der Waals surface area contributed by atoms with E-state index in [2.05, 4.69) is 16.7 Å². The van der Waals surface area contributed by atoms with Crippen molar-refractivity contribution in [3.05, 3.63) is 93.0 Å². The van der Waals surface area contributed by atoms with Gasteiger partial charge in [0.25, 0.3) is 0 Å². The van der Waals surface area contributed by atoms with Gasteiger partial charge in [0, 0.05) is 33.6 Å². The molecule has 1 fully saturated rings. The number of aliphatic hydroxyl groups is 1. The van der Waals surface area contributed by atoms with Crippen molar-refractivity contribution in [2.45, 2.75) is 23.8 Å². The SMILES string of the molecule is N#Cc1ccc(OCCO)c(C2NC(=O)CC(c3cccc(Cl)c3)C23C(=O)Nc2cc(Cl)ccc23)c1. The second-order valence-corrected chi connectivity index (χ2v) is 9.63. The number of nitrogens with zero attached hydrogens (tertiary/aromatic N) is 1. The van der Waals surface area contributed by atoms with Gasteiger partial charge in [-0.15, -0.1) is 0 Å². The van der Waals surface area contributed by atoms with Crippen LogP contribution in [0.15, 0.2) is 60.7 Å². The first-order chi connectivity index (χ1) is 17.4. The van der Waals surface area contributed by atoms with Crippen LogP contribution < -0.4 is 15.4 Å². The second kappa shape index (κ2) is 9.47. The summed E-state index contributed by atoms with van der Waals surface area (Å²) in [5.41, 5.74) is 1.45. The Bertz CT molecular complexity index is 1420. The van der Waals surface area contributed by atoms with Crippen LogP contribution in [-0.2, 0) is 15.0 Å². The summed E-state index contributed by atoms with van der Waals surface area (Å²) in [6, 6.07) is 18.3. The normalized spacial score (nSPS) is 22.5. The first-order valence-electron chi connectivity index (χ1n) is 11.3. The highest BCUT2D eigenvalue weighted by atomic mass is 35.5. The molecule has 3 unspecified atom stereocenters. The van der Waals surface area contributed by atoms with E-state index in [1.54, 1.807) is 54.6 Å². The molecule has 2 aliphatic rings. The Kier molecular flexibility index (Phi) is 6.35. The van der Waals surface area contributed by atoms with E-state index in [4.69, 9.17) is 27.9 Å². The van der Waals surface area contributed by atoms with Crippen molar-refractivity contribution < 1.29 is 19.4 Å². The molecule has 1 saturated heterocycles. The minimum Gasteiger partial charge on any atom is -0.491 e. The Hall–Kier alpha value is -3.57. The zero-order valence-electron chi connectivity index (χ0n) is 18.9. The molecular formula is C27H21Cl2N3O4. The van der Waals surface area contributed by atoms with Crippen molar-refractivity contribution in [2.24, 2.45) is 0 Å². The number of carbonyl (C=O) groups excluding carboxylic acids is 2. The number of amides is 2. The van der Waals surface area contributed by atoms with Gasteiger partial charge < -0.3 is 20.5 Å². The number of ether oxygens (including phenoxy) is 1. The molecule has 1 spiro atoms. The van der Waals surface area contributed by atoms with Crippen molar-refractivity contribution in [3.63, 3.8) is 0 Å². The van der Waals surface area contributed by atoms with Crippen LogP contribution in [0, 0.1) is 11.3 Å². The van der Waals surface area contributed by atoms with Crippen molar-refractivity contribution in [2.75, 3.05) is 18.5 Å². The molecule has 3 aromatic carbocycles. The monoisotopic (exact) mass is 521 g/mol. The number of nitriles is 1. The fourth-order valence-electron chi connectivity index (χ4n) is 5.40. The highest BCUT2D eigenvalue weighted by Gasteiger charge is 2.61. The summed E-state index contributed by atoms with van der Waals surface area (Å²) in [6.45, 7) is -0.225. The lowest BCUT2D eigenvalue weighted by molar-refractivity contribution is -0.131. The number of hydrogen-bond donors (Lipinski definition) is 3.